The zero-order chi connectivity index (χ0) is 16.5. The highest BCUT2D eigenvalue weighted by Gasteiger charge is 2.63. The number of aromatic nitrogens is 2. The van der Waals surface area contributed by atoms with Gasteiger partial charge in [0, 0.05) is 24.9 Å². The second kappa shape index (κ2) is 6.22. The second-order valence-electron chi connectivity index (χ2n) is 6.89. The molecule has 2 unspecified atom stereocenters. The van der Waals surface area contributed by atoms with Crippen LogP contribution in [0, 0.1) is 11.3 Å². The molecule has 124 valence electrons. The maximum absolute atomic E-state index is 12.6. The van der Waals surface area contributed by atoms with Crippen molar-refractivity contribution >= 4 is 22.4 Å². The summed E-state index contributed by atoms with van der Waals surface area (Å²) in [5.74, 6) is 0.301. The normalized spacial score (nSPS) is 26.8. The van der Waals surface area contributed by atoms with Gasteiger partial charge in [0.05, 0.1) is 6.10 Å². The molecule has 2 rings (SSSR count). The first-order valence-corrected chi connectivity index (χ1v) is 8.56. The van der Waals surface area contributed by atoms with Gasteiger partial charge in [0.25, 0.3) is 0 Å². The molecule has 0 bridgehead atoms. The Morgan fingerprint density at radius 3 is 2.73 bits per heavy atom. The Morgan fingerprint density at radius 2 is 2.18 bits per heavy atom. The van der Waals surface area contributed by atoms with E-state index in [4.69, 9.17) is 10.5 Å². The van der Waals surface area contributed by atoms with E-state index in [2.05, 4.69) is 29.4 Å². The Balaban J connectivity index is 2.02. The van der Waals surface area contributed by atoms with Crippen LogP contribution in [0.1, 0.15) is 46.0 Å². The van der Waals surface area contributed by atoms with Crippen LogP contribution in [0.2, 0.25) is 0 Å². The number of nitrogens with one attached hydrogen (secondary N) is 1. The Labute approximate surface area is 135 Å². The molecule has 7 heteroatoms. The maximum Gasteiger partial charge on any atom is 0.247 e. The summed E-state index contributed by atoms with van der Waals surface area (Å²) in [7, 11) is 0. The van der Waals surface area contributed by atoms with Gasteiger partial charge in [-0.1, -0.05) is 39.0 Å². The number of hydrogen-bond donors (Lipinski definition) is 2. The lowest BCUT2D eigenvalue weighted by Crippen LogP contribution is -2.74. The van der Waals surface area contributed by atoms with Crippen molar-refractivity contribution in [2.24, 2.45) is 17.1 Å². The first-order chi connectivity index (χ1) is 10.2. The Kier molecular flexibility index (Phi) is 4.89. The molecule has 1 aliphatic carbocycles. The first-order valence-electron chi connectivity index (χ1n) is 7.75. The van der Waals surface area contributed by atoms with E-state index >= 15 is 0 Å². The van der Waals surface area contributed by atoms with Gasteiger partial charge < -0.3 is 10.5 Å². The molecule has 0 saturated heterocycles. The van der Waals surface area contributed by atoms with Crippen molar-refractivity contribution in [1.82, 2.24) is 10.2 Å². The first kappa shape index (κ1) is 17.3. The molecule has 0 spiro atoms. The fraction of sp³-hybridized carbons (Fsp3) is 0.800. The predicted molar refractivity (Wildman–Crippen MR) is 87.8 cm³/mol. The number of rotatable bonds is 6. The van der Waals surface area contributed by atoms with Gasteiger partial charge in [-0.2, -0.15) is 0 Å². The molecule has 3 N–H and O–H groups in total. The summed E-state index contributed by atoms with van der Waals surface area (Å²) < 4.78 is 5.65. The predicted octanol–water partition coefficient (Wildman–Crippen LogP) is 2.21. The van der Waals surface area contributed by atoms with Crippen LogP contribution in [0.3, 0.4) is 0 Å². The maximum atomic E-state index is 12.6. The Hall–Kier alpha value is -1.05. The molecule has 1 heterocycles. The smallest absolute Gasteiger partial charge is 0.247 e. The molecule has 0 radical (unpaired) electrons. The van der Waals surface area contributed by atoms with Crippen LogP contribution < -0.4 is 11.1 Å². The number of ether oxygens (including phenoxy) is 1. The molecule has 0 aliphatic heterocycles. The van der Waals surface area contributed by atoms with E-state index in [1.54, 1.807) is 0 Å². The van der Waals surface area contributed by atoms with E-state index in [0.29, 0.717) is 24.1 Å². The van der Waals surface area contributed by atoms with Crippen LogP contribution in [-0.2, 0) is 16.0 Å². The monoisotopic (exact) mass is 326 g/mol. The van der Waals surface area contributed by atoms with Crippen LogP contribution in [-0.4, -0.2) is 34.4 Å². The molecular formula is C15H26N4O2S. The number of hydrogen-bond acceptors (Lipinski definition) is 6. The van der Waals surface area contributed by atoms with Gasteiger partial charge in [0.15, 0.2) is 0 Å². The van der Waals surface area contributed by atoms with Crippen molar-refractivity contribution in [3.63, 3.8) is 0 Å². The molecule has 1 aromatic rings. The number of nitrogens with zero attached hydrogens (tertiary/aromatic N) is 2. The summed E-state index contributed by atoms with van der Waals surface area (Å²) in [5, 5.41) is 12.4. The van der Waals surface area contributed by atoms with Crippen molar-refractivity contribution in [2.75, 3.05) is 11.9 Å². The van der Waals surface area contributed by atoms with E-state index < -0.39 is 11.0 Å². The van der Waals surface area contributed by atoms with Crippen LogP contribution in [0.15, 0.2) is 0 Å². The number of amides is 1. The van der Waals surface area contributed by atoms with Crippen molar-refractivity contribution in [3.8, 4) is 0 Å². The van der Waals surface area contributed by atoms with Crippen LogP contribution in [0.25, 0.3) is 0 Å². The second-order valence-corrected chi connectivity index (χ2v) is 7.96. The lowest BCUT2D eigenvalue weighted by molar-refractivity contribution is -0.166. The third kappa shape index (κ3) is 3.02. The van der Waals surface area contributed by atoms with Gasteiger partial charge in [0.2, 0.25) is 11.0 Å². The lowest BCUT2D eigenvalue weighted by Gasteiger charge is -2.57. The van der Waals surface area contributed by atoms with Crippen LogP contribution in [0.4, 0.5) is 5.13 Å². The quantitative estimate of drug-likeness (QED) is 0.836. The standard InChI is InChI=1S/C15H26N4O2S/c1-6-21-10-8-15(16,14(10,4)5)12(20)17-13-19-18-11(22-13)7-9(2)3/h9-10H,6-8,16H2,1-5H3,(H,17,19,20). The third-order valence-corrected chi connectivity index (χ3v) is 5.37. The van der Waals surface area contributed by atoms with Crippen LogP contribution in [0.5, 0.6) is 0 Å². The Morgan fingerprint density at radius 1 is 1.50 bits per heavy atom. The summed E-state index contributed by atoms with van der Waals surface area (Å²) >= 11 is 1.41. The largest absolute Gasteiger partial charge is 0.378 e. The van der Waals surface area contributed by atoms with Crippen molar-refractivity contribution in [2.45, 2.75) is 59.1 Å². The Bertz CT molecular complexity index is 543. The van der Waals surface area contributed by atoms with Gasteiger partial charge in [-0.3, -0.25) is 10.1 Å². The van der Waals surface area contributed by atoms with Gasteiger partial charge in [-0.05, 0) is 12.8 Å². The van der Waals surface area contributed by atoms with Gasteiger partial charge in [-0.25, -0.2) is 0 Å². The summed E-state index contributed by atoms with van der Waals surface area (Å²) in [6.45, 7) is 10.8. The SMILES string of the molecule is CCOC1CC(N)(C(=O)Nc2nnc(CC(C)C)s2)C1(C)C. The highest BCUT2D eigenvalue weighted by atomic mass is 32.1. The lowest BCUT2D eigenvalue weighted by atomic mass is 9.54. The molecule has 2 atom stereocenters. The number of carbonyl (C=O) groups excluding carboxylic acids is 1. The molecule has 1 aliphatic rings. The fourth-order valence-corrected chi connectivity index (χ4v) is 3.71. The number of nitrogens with two attached hydrogens (primary N) is 1. The minimum Gasteiger partial charge on any atom is -0.378 e. The molecular weight excluding hydrogens is 300 g/mol. The average molecular weight is 326 g/mol. The van der Waals surface area contributed by atoms with E-state index in [-0.39, 0.29) is 12.0 Å². The van der Waals surface area contributed by atoms with Crippen molar-refractivity contribution < 1.29 is 9.53 Å². The topological polar surface area (TPSA) is 90.1 Å². The third-order valence-electron chi connectivity index (χ3n) is 4.51. The number of carbonyl (C=O) groups is 1. The van der Waals surface area contributed by atoms with E-state index in [9.17, 15) is 4.79 Å². The van der Waals surface area contributed by atoms with Crippen LogP contribution >= 0.6 is 11.3 Å². The molecule has 0 aromatic carbocycles. The summed E-state index contributed by atoms with van der Waals surface area (Å²) in [5.41, 5.74) is 5.01. The van der Waals surface area contributed by atoms with Gasteiger partial charge in [-0.15, -0.1) is 10.2 Å². The molecule has 1 aromatic heterocycles. The molecule has 22 heavy (non-hydrogen) atoms. The highest BCUT2D eigenvalue weighted by Crippen LogP contribution is 2.50. The molecule has 1 amide bonds. The zero-order valence-corrected chi connectivity index (χ0v) is 14.8. The van der Waals surface area contributed by atoms with E-state index in [0.717, 1.165) is 11.4 Å². The van der Waals surface area contributed by atoms with Gasteiger partial charge >= 0.3 is 0 Å². The summed E-state index contributed by atoms with van der Waals surface area (Å²) in [6.07, 6.45) is 1.40. The zero-order valence-electron chi connectivity index (χ0n) is 14.0. The minimum absolute atomic E-state index is 0.0131. The average Bonchev–Trinajstić information content (AvgIpc) is 2.84. The fourth-order valence-electron chi connectivity index (χ4n) is 2.77. The highest BCUT2D eigenvalue weighted by molar-refractivity contribution is 7.15. The summed E-state index contributed by atoms with van der Waals surface area (Å²) in [6, 6.07) is 0. The molecule has 1 fully saturated rings. The minimum atomic E-state index is -0.934. The van der Waals surface area contributed by atoms with Crippen molar-refractivity contribution in [1.29, 1.82) is 0 Å². The molecule has 1 saturated carbocycles. The van der Waals surface area contributed by atoms with Crippen molar-refractivity contribution in [3.05, 3.63) is 5.01 Å². The summed E-state index contributed by atoms with van der Waals surface area (Å²) in [4.78, 5) is 12.6. The molecule has 6 nitrogen and oxygen atoms in total. The van der Waals surface area contributed by atoms with Gasteiger partial charge in [0.1, 0.15) is 10.5 Å². The number of anilines is 1. The van der Waals surface area contributed by atoms with E-state index in [1.807, 2.05) is 20.8 Å². The van der Waals surface area contributed by atoms with E-state index in [1.165, 1.54) is 11.3 Å².